The Bertz CT molecular complexity index is 811. The number of benzene rings is 1. The zero-order valence-corrected chi connectivity index (χ0v) is 13.1. The largest absolute Gasteiger partial charge is 0.469 e. The molecule has 6 heteroatoms. The van der Waals surface area contributed by atoms with Crippen molar-refractivity contribution in [2.24, 2.45) is 5.92 Å². The molecule has 1 amide bonds. The average Bonchev–Trinajstić information content (AvgIpc) is 3.00. The maximum Gasteiger partial charge on any atom is 0.224 e. The summed E-state index contributed by atoms with van der Waals surface area (Å²) in [4.78, 5) is 16.2. The number of nitrogens with zero attached hydrogens (tertiary/aromatic N) is 3. The Hall–Kier alpha value is -2.89. The van der Waals surface area contributed by atoms with Crippen molar-refractivity contribution < 1.29 is 9.21 Å². The van der Waals surface area contributed by atoms with E-state index in [0.29, 0.717) is 13.1 Å². The second-order valence-corrected chi connectivity index (χ2v) is 6.09. The van der Waals surface area contributed by atoms with Gasteiger partial charge in [0.2, 0.25) is 5.91 Å². The van der Waals surface area contributed by atoms with E-state index >= 15 is 0 Å². The number of nitrogens with one attached hydrogen (secondary N) is 1. The highest BCUT2D eigenvalue weighted by atomic mass is 16.3. The smallest absolute Gasteiger partial charge is 0.224 e. The van der Waals surface area contributed by atoms with Crippen LogP contribution in [0.4, 0.5) is 0 Å². The van der Waals surface area contributed by atoms with Crippen molar-refractivity contribution in [1.82, 2.24) is 20.1 Å². The topological polar surface area (TPSA) is 73.0 Å². The van der Waals surface area contributed by atoms with E-state index in [2.05, 4.69) is 21.5 Å². The van der Waals surface area contributed by atoms with Gasteiger partial charge in [-0.3, -0.25) is 4.79 Å². The van der Waals surface area contributed by atoms with Gasteiger partial charge in [-0.25, -0.2) is 9.67 Å². The van der Waals surface area contributed by atoms with Crippen molar-refractivity contribution in [3.05, 3.63) is 72.2 Å². The van der Waals surface area contributed by atoms with Crippen LogP contribution in [0.15, 0.2) is 59.7 Å². The molecule has 6 nitrogen and oxygen atoms in total. The highest BCUT2D eigenvalue weighted by Crippen LogP contribution is 2.47. The zero-order chi connectivity index (χ0) is 16.4. The molecular weight excluding hydrogens is 304 g/mol. The first kappa shape index (κ1) is 14.7. The lowest BCUT2D eigenvalue weighted by atomic mass is 10.1. The van der Waals surface area contributed by atoms with Crippen LogP contribution in [0.2, 0.25) is 0 Å². The summed E-state index contributed by atoms with van der Waals surface area (Å²) in [5.41, 5.74) is 2.21. The van der Waals surface area contributed by atoms with Crippen LogP contribution < -0.4 is 5.32 Å². The van der Waals surface area contributed by atoms with Crippen molar-refractivity contribution >= 4 is 5.91 Å². The van der Waals surface area contributed by atoms with Crippen LogP contribution >= 0.6 is 0 Å². The van der Waals surface area contributed by atoms with Crippen LogP contribution in [0.25, 0.3) is 0 Å². The summed E-state index contributed by atoms with van der Waals surface area (Å²) < 4.78 is 7.15. The number of carbonyl (C=O) groups is 1. The van der Waals surface area contributed by atoms with Gasteiger partial charge in [0.05, 0.1) is 12.8 Å². The maximum absolute atomic E-state index is 12.3. The SMILES string of the molecule is O=C(NCc1cccc(Cn2cncn2)c1)C1CC1c1ccco1. The van der Waals surface area contributed by atoms with Gasteiger partial charge >= 0.3 is 0 Å². The van der Waals surface area contributed by atoms with Crippen LogP contribution in [0, 0.1) is 5.92 Å². The molecule has 1 saturated carbocycles. The Kier molecular flexibility index (Phi) is 3.86. The average molecular weight is 322 g/mol. The van der Waals surface area contributed by atoms with Gasteiger partial charge in [-0.1, -0.05) is 24.3 Å². The first-order valence-electron chi connectivity index (χ1n) is 8.01. The molecule has 3 aromatic rings. The minimum atomic E-state index is 0.0366. The second kappa shape index (κ2) is 6.31. The summed E-state index contributed by atoms with van der Waals surface area (Å²) in [6.07, 6.45) is 5.74. The molecule has 2 aromatic heterocycles. The number of rotatable bonds is 6. The highest BCUT2D eigenvalue weighted by molar-refractivity contribution is 5.82. The molecule has 24 heavy (non-hydrogen) atoms. The minimum Gasteiger partial charge on any atom is -0.469 e. The van der Waals surface area contributed by atoms with E-state index in [9.17, 15) is 4.79 Å². The predicted molar refractivity (Wildman–Crippen MR) is 87.0 cm³/mol. The molecule has 2 heterocycles. The predicted octanol–water partition coefficient (Wildman–Crippen LogP) is 2.34. The number of aromatic nitrogens is 3. The number of amides is 1. The molecule has 1 aromatic carbocycles. The van der Waals surface area contributed by atoms with Crippen molar-refractivity contribution in [1.29, 1.82) is 0 Å². The molecule has 0 spiro atoms. The molecule has 1 N–H and O–H groups in total. The third-order valence-electron chi connectivity index (χ3n) is 4.31. The first-order chi connectivity index (χ1) is 11.8. The van der Waals surface area contributed by atoms with E-state index in [1.165, 1.54) is 6.33 Å². The summed E-state index contributed by atoms with van der Waals surface area (Å²) in [5.74, 6) is 1.27. The van der Waals surface area contributed by atoms with E-state index in [1.54, 1.807) is 17.3 Å². The normalized spacial score (nSPS) is 19.2. The fourth-order valence-electron chi connectivity index (χ4n) is 2.96. The fourth-order valence-corrected chi connectivity index (χ4v) is 2.96. The van der Waals surface area contributed by atoms with Gasteiger partial charge < -0.3 is 9.73 Å². The number of carbonyl (C=O) groups excluding carboxylic acids is 1. The molecule has 0 bridgehead atoms. The maximum atomic E-state index is 12.3. The summed E-state index contributed by atoms with van der Waals surface area (Å²) in [6.45, 7) is 1.20. The second-order valence-electron chi connectivity index (χ2n) is 6.09. The quantitative estimate of drug-likeness (QED) is 0.756. The van der Waals surface area contributed by atoms with Gasteiger partial charge in [-0.05, 0) is 29.7 Å². The van der Waals surface area contributed by atoms with Crippen molar-refractivity contribution in [3.63, 3.8) is 0 Å². The van der Waals surface area contributed by atoms with Gasteiger partial charge in [0.15, 0.2) is 0 Å². The van der Waals surface area contributed by atoms with E-state index in [1.807, 2.05) is 30.3 Å². The monoisotopic (exact) mass is 322 g/mol. The molecular formula is C18H18N4O2. The molecule has 0 radical (unpaired) electrons. The summed E-state index contributed by atoms with van der Waals surface area (Å²) in [6, 6.07) is 11.9. The Morgan fingerprint density at radius 2 is 2.21 bits per heavy atom. The van der Waals surface area contributed by atoms with Crippen molar-refractivity contribution in [2.75, 3.05) is 0 Å². The van der Waals surface area contributed by atoms with Gasteiger partial charge in [0.1, 0.15) is 18.4 Å². The van der Waals surface area contributed by atoms with E-state index < -0.39 is 0 Å². The minimum absolute atomic E-state index is 0.0366. The van der Waals surface area contributed by atoms with E-state index in [0.717, 1.165) is 23.3 Å². The fraction of sp³-hybridized carbons (Fsp3) is 0.278. The van der Waals surface area contributed by atoms with Gasteiger partial charge in [-0.15, -0.1) is 0 Å². The third-order valence-corrected chi connectivity index (χ3v) is 4.31. The van der Waals surface area contributed by atoms with E-state index in [4.69, 9.17) is 4.42 Å². The van der Waals surface area contributed by atoms with Crippen molar-refractivity contribution in [3.8, 4) is 0 Å². The molecule has 2 unspecified atom stereocenters. The molecule has 2 atom stereocenters. The Balaban J connectivity index is 1.32. The third kappa shape index (κ3) is 3.22. The Labute approximate surface area is 139 Å². The lowest BCUT2D eigenvalue weighted by Crippen LogP contribution is -2.24. The number of furan rings is 1. The molecule has 1 fully saturated rings. The van der Waals surface area contributed by atoms with Crippen LogP contribution in [0.3, 0.4) is 0 Å². The number of hydrogen-bond donors (Lipinski definition) is 1. The van der Waals surface area contributed by atoms with Gasteiger partial charge in [0, 0.05) is 18.4 Å². The van der Waals surface area contributed by atoms with Crippen LogP contribution in [-0.4, -0.2) is 20.7 Å². The summed E-state index contributed by atoms with van der Waals surface area (Å²) in [5, 5.41) is 7.13. The zero-order valence-electron chi connectivity index (χ0n) is 13.1. The molecule has 122 valence electrons. The molecule has 1 aliphatic carbocycles. The van der Waals surface area contributed by atoms with E-state index in [-0.39, 0.29) is 17.7 Å². The molecule has 0 saturated heterocycles. The van der Waals surface area contributed by atoms with Crippen LogP contribution in [-0.2, 0) is 17.9 Å². The summed E-state index contributed by atoms with van der Waals surface area (Å²) >= 11 is 0. The van der Waals surface area contributed by atoms with Gasteiger partial charge in [0.25, 0.3) is 0 Å². The van der Waals surface area contributed by atoms with Crippen molar-refractivity contribution in [2.45, 2.75) is 25.4 Å². The molecule has 0 aliphatic heterocycles. The molecule has 1 aliphatic rings. The standard InChI is InChI=1S/C18H18N4O2/c23-18(16-8-15(16)17-5-2-6-24-17)20-9-13-3-1-4-14(7-13)10-22-12-19-11-21-22/h1-7,11-12,15-16H,8-10H2,(H,20,23). The molecule has 4 rings (SSSR count). The highest BCUT2D eigenvalue weighted by Gasteiger charge is 2.45. The van der Waals surface area contributed by atoms with Gasteiger partial charge in [-0.2, -0.15) is 5.10 Å². The first-order valence-corrected chi connectivity index (χ1v) is 8.01. The lowest BCUT2D eigenvalue weighted by Gasteiger charge is -2.07. The number of hydrogen-bond acceptors (Lipinski definition) is 4. The summed E-state index contributed by atoms with van der Waals surface area (Å²) in [7, 11) is 0. The Morgan fingerprint density at radius 1 is 1.29 bits per heavy atom. The van der Waals surface area contributed by atoms with Crippen LogP contribution in [0.1, 0.15) is 29.2 Å². The Morgan fingerprint density at radius 3 is 3.00 bits per heavy atom. The van der Waals surface area contributed by atoms with Crippen LogP contribution in [0.5, 0.6) is 0 Å². The lowest BCUT2D eigenvalue weighted by molar-refractivity contribution is -0.122.